The molecule has 0 aliphatic rings. The van der Waals surface area contributed by atoms with Crippen LogP contribution in [0.1, 0.15) is 23.8 Å². The first kappa shape index (κ1) is 16.6. The van der Waals surface area contributed by atoms with E-state index < -0.39 is 0 Å². The summed E-state index contributed by atoms with van der Waals surface area (Å²) in [5.74, 6) is 2.65. The summed E-state index contributed by atoms with van der Waals surface area (Å²) >= 11 is 6.00. The van der Waals surface area contributed by atoms with Crippen molar-refractivity contribution in [2.24, 2.45) is 7.05 Å². The fourth-order valence-corrected chi connectivity index (χ4v) is 2.87. The van der Waals surface area contributed by atoms with Crippen LogP contribution < -0.4 is 5.32 Å². The van der Waals surface area contributed by atoms with Gasteiger partial charge < -0.3 is 14.3 Å². The number of aromatic nitrogens is 2. The zero-order chi connectivity index (χ0) is 17.1. The van der Waals surface area contributed by atoms with Crippen LogP contribution in [0.4, 0.5) is 0 Å². The Hall–Kier alpha value is -2.27. The van der Waals surface area contributed by atoms with Gasteiger partial charge in [-0.15, -0.1) is 0 Å². The Morgan fingerprint density at radius 2 is 2.12 bits per heavy atom. The lowest BCUT2D eigenvalue weighted by Gasteiger charge is -2.05. The number of rotatable bonds is 6. The highest BCUT2D eigenvalue weighted by Crippen LogP contribution is 2.19. The molecule has 3 aromatic rings. The fraction of sp³-hybridized carbons (Fsp3) is 0.333. The highest BCUT2D eigenvalue weighted by atomic mass is 35.5. The number of halogens is 1. The van der Waals surface area contributed by atoms with Gasteiger partial charge in [-0.05, 0) is 37.3 Å². The third-order valence-electron chi connectivity index (χ3n) is 4.00. The molecule has 126 valence electrons. The van der Waals surface area contributed by atoms with Gasteiger partial charge in [-0.2, -0.15) is 0 Å². The average Bonchev–Trinajstić information content (AvgIpc) is 3.09. The molecule has 0 radical (unpaired) electrons. The van der Waals surface area contributed by atoms with Gasteiger partial charge in [0.05, 0.1) is 11.0 Å². The van der Waals surface area contributed by atoms with Crippen LogP contribution in [0.5, 0.6) is 0 Å². The summed E-state index contributed by atoms with van der Waals surface area (Å²) in [5, 5.41) is 3.61. The first-order valence-corrected chi connectivity index (χ1v) is 8.33. The van der Waals surface area contributed by atoms with Crippen LogP contribution in [0.15, 0.2) is 34.7 Å². The lowest BCUT2D eigenvalue weighted by Crippen LogP contribution is -2.26. The van der Waals surface area contributed by atoms with E-state index in [1.165, 1.54) is 0 Å². The van der Waals surface area contributed by atoms with Gasteiger partial charge in [-0.25, -0.2) is 4.98 Å². The van der Waals surface area contributed by atoms with E-state index in [0.29, 0.717) is 30.8 Å². The molecule has 24 heavy (non-hydrogen) atoms. The van der Waals surface area contributed by atoms with E-state index in [2.05, 4.69) is 10.3 Å². The van der Waals surface area contributed by atoms with Crippen molar-refractivity contribution in [3.05, 3.63) is 52.7 Å². The number of nitrogens with zero attached hydrogens (tertiary/aromatic N) is 2. The van der Waals surface area contributed by atoms with Crippen LogP contribution in [0.25, 0.3) is 11.0 Å². The number of aryl methyl sites for hydroxylation is 3. The first-order valence-electron chi connectivity index (χ1n) is 7.96. The highest BCUT2D eigenvalue weighted by molar-refractivity contribution is 6.31. The average molecular weight is 346 g/mol. The van der Waals surface area contributed by atoms with Crippen molar-refractivity contribution in [2.45, 2.75) is 26.2 Å². The van der Waals surface area contributed by atoms with Gasteiger partial charge in [0.25, 0.3) is 0 Å². The molecule has 1 aromatic carbocycles. The molecular weight excluding hydrogens is 326 g/mol. The zero-order valence-corrected chi connectivity index (χ0v) is 14.6. The molecule has 0 bridgehead atoms. The lowest BCUT2D eigenvalue weighted by molar-refractivity contribution is -0.121. The maximum Gasteiger partial charge on any atom is 0.220 e. The second-order valence-electron chi connectivity index (χ2n) is 5.83. The Balaban J connectivity index is 1.51. The molecule has 0 saturated heterocycles. The molecule has 0 saturated carbocycles. The number of carbonyl (C=O) groups is 1. The number of imidazole rings is 1. The summed E-state index contributed by atoms with van der Waals surface area (Å²) in [6.07, 6.45) is 1.71. The van der Waals surface area contributed by atoms with Crippen molar-refractivity contribution in [2.75, 3.05) is 6.54 Å². The molecule has 3 rings (SSSR count). The molecule has 0 aliphatic heterocycles. The SMILES string of the molecule is Cc1ccc(CCC(=O)NCCc2nc3cc(Cl)ccc3n2C)o1. The summed E-state index contributed by atoms with van der Waals surface area (Å²) in [5.41, 5.74) is 1.91. The quantitative estimate of drug-likeness (QED) is 0.744. The minimum Gasteiger partial charge on any atom is -0.466 e. The minimum atomic E-state index is 0.0193. The van der Waals surface area contributed by atoms with Gasteiger partial charge in [0, 0.05) is 37.9 Å². The van der Waals surface area contributed by atoms with Crippen molar-refractivity contribution >= 4 is 28.5 Å². The molecule has 1 amide bonds. The number of hydrogen-bond acceptors (Lipinski definition) is 3. The number of hydrogen-bond donors (Lipinski definition) is 1. The Morgan fingerprint density at radius 3 is 2.88 bits per heavy atom. The van der Waals surface area contributed by atoms with Crippen molar-refractivity contribution < 1.29 is 9.21 Å². The van der Waals surface area contributed by atoms with Crippen LogP contribution in [0.3, 0.4) is 0 Å². The molecular formula is C18H20ClN3O2. The fourth-order valence-electron chi connectivity index (χ4n) is 2.70. The number of amides is 1. The third kappa shape index (κ3) is 3.79. The number of nitrogens with one attached hydrogen (secondary N) is 1. The van der Waals surface area contributed by atoms with Gasteiger partial charge >= 0.3 is 0 Å². The van der Waals surface area contributed by atoms with Crippen molar-refractivity contribution in [3.63, 3.8) is 0 Å². The van der Waals surface area contributed by atoms with Gasteiger partial charge in [-0.3, -0.25) is 4.79 Å². The van der Waals surface area contributed by atoms with E-state index in [1.807, 2.05) is 48.9 Å². The van der Waals surface area contributed by atoms with Crippen LogP contribution in [0, 0.1) is 6.92 Å². The van der Waals surface area contributed by atoms with Crippen molar-refractivity contribution in [3.8, 4) is 0 Å². The summed E-state index contributed by atoms with van der Waals surface area (Å²) in [7, 11) is 1.97. The summed E-state index contributed by atoms with van der Waals surface area (Å²) < 4.78 is 7.49. The molecule has 1 N–H and O–H groups in total. The van der Waals surface area contributed by atoms with Gasteiger partial charge in [-0.1, -0.05) is 11.6 Å². The highest BCUT2D eigenvalue weighted by Gasteiger charge is 2.09. The Kier molecular flexibility index (Phi) is 4.90. The second kappa shape index (κ2) is 7.09. The van der Waals surface area contributed by atoms with E-state index in [1.54, 1.807) is 0 Å². The van der Waals surface area contributed by atoms with E-state index in [0.717, 1.165) is 28.4 Å². The maximum absolute atomic E-state index is 11.9. The second-order valence-corrected chi connectivity index (χ2v) is 6.27. The topological polar surface area (TPSA) is 60.1 Å². The van der Waals surface area contributed by atoms with E-state index in [9.17, 15) is 4.79 Å². The Bertz CT molecular complexity index is 866. The standard InChI is InChI=1S/C18H20ClN3O2/c1-12-3-5-14(24-12)6-8-18(23)20-10-9-17-21-15-11-13(19)4-7-16(15)22(17)2/h3-5,7,11H,6,8-10H2,1-2H3,(H,20,23). The van der Waals surface area contributed by atoms with Crippen LogP contribution in [0.2, 0.25) is 5.02 Å². The molecule has 0 fully saturated rings. The molecule has 2 heterocycles. The number of benzene rings is 1. The van der Waals surface area contributed by atoms with Crippen LogP contribution in [-0.4, -0.2) is 22.0 Å². The van der Waals surface area contributed by atoms with E-state index in [4.69, 9.17) is 16.0 Å². The third-order valence-corrected chi connectivity index (χ3v) is 4.24. The summed E-state index contributed by atoms with van der Waals surface area (Å²) in [6.45, 7) is 2.45. The van der Waals surface area contributed by atoms with E-state index >= 15 is 0 Å². The molecule has 0 atom stereocenters. The molecule has 0 spiro atoms. The van der Waals surface area contributed by atoms with E-state index in [-0.39, 0.29) is 5.91 Å². The Labute approximate surface area is 145 Å². The maximum atomic E-state index is 11.9. The normalized spacial score (nSPS) is 11.1. The summed E-state index contributed by atoms with van der Waals surface area (Å²) in [4.78, 5) is 16.5. The smallest absolute Gasteiger partial charge is 0.220 e. The van der Waals surface area contributed by atoms with Gasteiger partial charge in [0.2, 0.25) is 5.91 Å². The van der Waals surface area contributed by atoms with Crippen LogP contribution in [-0.2, 0) is 24.7 Å². The molecule has 0 aliphatic carbocycles. The van der Waals surface area contributed by atoms with Gasteiger partial charge in [0.15, 0.2) is 0 Å². The lowest BCUT2D eigenvalue weighted by atomic mass is 10.2. The number of furan rings is 1. The Morgan fingerprint density at radius 1 is 1.29 bits per heavy atom. The molecule has 6 heteroatoms. The monoisotopic (exact) mass is 345 g/mol. The van der Waals surface area contributed by atoms with Crippen molar-refractivity contribution in [1.29, 1.82) is 0 Å². The minimum absolute atomic E-state index is 0.0193. The number of carbonyl (C=O) groups excluding carboxylic acids is 1. The first-order chi connectivity index (χ1) is 11.5. The van der Waals surface area contributed by atoms with Crippen LogP contribution >= 0.6 is 11.6 Å². The molecule has 2 aromatic heterocycles. The zero-order valence-electron chi connectivity index (χ0n) is 13.8. The van der Waals surface area contributed by atoms with Crippen molar-refractivity contribution in [1.82, 2.24) is 14.9 Å². The molecule has 0 unspecified atom stereocenters. The molecule has 5 nitrogen and oxygen atoms in total. The van der Waals surface area contributed by atoms with Gasteiger partial charge in [0.1, 0.15) is 17.3 Å². The predicted molar refractivity (Wildman–Crippen MR) is 94.2 cm³/mol. The predicted octanol–water partition coefficient (Wildman–Crippen LogP) is 3.42. The largest absolute Gasteiger partial charge is 0.466 e. The number of fused-ring (bicyclic) bond motifs is 1. The summed E-state index contributed by atoms with van der Waals surface area (Å²) in [6, 6.07) is 9.48.